The van der Waals surface area contributed by atoms with Gasteiger partial charge in [-0.1, -0.05) is 46.2 Å². The predicted octanol–water partition coefficient (Wildman–Crippen LogP) is 3.31. The van der Waals surface area contributed by atoms with Crippen molar-refractivity contribution >= 4 is 27.5 Å². The fourth-order valence-corrected chi connectivity index (χ4v) is 4.68. The second-order valence-electron chi connectivity index (χ2n) is 7.81. The third-order valence-corrected chi connectivity index (χ3v) is 6.68. The molecule has 0 aromatic heterocycles. The first-order valence-corrected chi connectivity index (χ1v) is 11.1. The zero-order valence-electron chi connectivity index (χ0n) is 16.6. The number of anilines is 1. The molecule has 0 bridgehead atoms. The maximum atomic E-state index is 13.2. The summed E-state index contributed by atoms with van der Waals surface area (Å²) in [6, 6.07) is 5.91. The Hall–Kier alpha value is -2.35. The summed E-state index contributed by atoms with van der Waals surface area (Å²) < 4.78 is 28.9. The summed E-state index contributed by atoms with van der Waals surface area (Å²) in [5.74, 6) is -0.176. The summed E-state index contributed by atoms with van der Waals surface area (Å²) in [4.78, 5) is 14.9. The lowest BCUT2D eigenvalue weighted by Gasteiger charge is -2.30. The van der Waals surface area contributed by atoms with Crippen LogP contribution >= 0.6 is 0 Å². The topological polar surface area (TPSA) is 99.1 Å². The van der Waals surface area contributed by atoms with Crippen molar-refractivity contribution < 1.29 is 18.3 Å². The first-order chi connectivity index (χ1) is 13.2. The van der Waals surface area contributed by atoms with E-state index in [0.717, 1.165) is 12.8 Å². The second kappa shape index (κ2) is 7.58. The highest BCUT2D eigenvalue weighted by atomic mass is 32.2. The second-order valence-corrected chi connectivity index (χ2v) is 9.38. The van der Waals surface area contributed by atoms with Gasteiger partial charge in [0.2, 0.25) is 0 Å². The highest BCUT2D eigenvalue weighted by molar-refractivity contribution is 7.90. The van der Waals surface area contributed by atoms with Crippen LogP contribution in [0.1, 0.15) is 40.5 Å². The normalized spacial score (nSPS) is 22.2. The Morgan fingerprint density at radius 1 is 1.25 bits per heavy atom. The van der Waals surface area contributed by atoms with Crippen molar-refractivity contribution in [1.82, 2.24) is 4.90 Å². The molecule has 1 aromatic carbocycles. The van der Waals surface area contributed by atoms with Gasteiger partial charge in [0, 0.05) is 6.54 Å². The third kappa shape index (κ3) is 3.53. The molecule has 1 aromatic rings. The predicted molar refractivity (Wildman–Crippen MR) is 109 cm³/mol. The molecular formula is C20H27N3O4S. The molecule has 152 valence electrons. The number of nitrogens with zero attached hydrogens (tertiary/aromatic N) is 2. The lowest BCUT2D eigenvalue weighted by molar-refractivity contribution is -0.127. The SMILES string of the molecule is CCC(C)C1C(O)=C(C2=NS(=O)(=O)c3ccccc3N2)C(=O)N1CCC(C)C. The molecule has 0 spiro atoms. The third-order valence-electron chi connectivity index (χ3n) is 5.34. The highest BCUT2D eigenvalue weighted by Crippen LogP contribution is 2.35. The van der Waals surface area contributed by atoms with Gasteiger partial charge >= 0.3 is 0 Å². The summed E-state index contributed by atoms with van der Waals surface area (Å²) in [5.41, 5.74) is 0.299. The molecular weight excluding hydrogens is 378 g/mol. The standard InChI is InChI=1S/C20H27N3O4S/c1-5-13(4)17-18(24)16(20(25)23(17)11-10-12(2)3)19-21-14-8-6-7-9-15(14)28(26,27)22-19/h6-9,12-13,17,24H,5,10-11H2,1-4H3,(H,21,22). The molecule has 8 heteroatoms. The molecule has 0 fully saturated rings. The number of aliphatic hydroxyl groups excluding tert-OH is 1. The number of carbonyl (C=O) groups excluding carboxylic acids is 1. The van der Waals surface area contributed by atoms with Crippen LogP contribution in [-0.2, 0) is 14.8 Å². The van der Waals surface area contributed by atoms with Crippen molar-refractivity contribution in [2.75, 3.05) is 11.9 Å². The molecule has 2 unspecified atom stereocenters. The van der Waals surface area contributed by atoms with E-state index in [2.05, 4.69) is 23.6 Å². The number of benzene rings is 1. The van der Waals surface area contributed by atoms with Gasteiger partial charge in [0.05, 0.1) is 11.7 Å². The Morgan fingerprint density at radius 2 is 1.93 bits per heavy atom. The number of nitrogens with one attached hydrogen (secondary N) is 1. The number of amidine groups is 1. The van der Waals surface area contributed by atoms with E-state index in [-0.39, 0.29) is 33.9 Å². The molecule has 2 heterocycles. The highest BCUT2D eigenvalue weighted by Gasteiger charge is 2.44. The van der Waals surface area contributed by atoms with Gasteiger partial charge in [0.1, 0.15) is 16.2 Å². The van der Waals surface area contributed by atoms with Crippen LogP contribution in [0.15, 0.2) is 44.9 Å². The molecule has 2 atom stereocenters. The molecule has 2 aliphatic rings. The van der Waals surface area contributed by atoms with Gasteiger partial charge in [-0.3, -0.25) is 4.79 Å². The molecule has 2 N–H and O–H groups in total. The Kier molecular flexibility index (Phi) is 5.52. The van der Waals surface area contributed by atoms with Crippen LogP contribution in [0.2, 0.25) is 0 Å². The number of amides is 1. The van der Waals surface area contributed by atoms with Crippen molar-refractivity contribution in [3.8, 4) is 0 Å². The number of sulfonamides is 1. The van der Waals surface area contributed by atoms with E-state index in [1.807, 2.05) is 13.8 Å². The molecule has 2 aliphatic heterocycles. The summed E-state index contributed by atoms with van der Waals surface area (Å²) >= 11 is 0. The quantitative estimate of drug-likeness (QED) is 0.756. The number of aliphatic hydroxyl groups is 1. The van der Waals surface area contributed by atoms with Crippen LogP contribution in [0.4, 0.5) is 5.69 Å². The Morgan fingerprint density at radius 3 is 2.57 bits per heavy atom. The lowest BCUT2D eigenvalue weighted by atomic mass is 9.96. The van der Waals surface area contributed by atoms with Gasteiger partial charge < -0.3 is 15.3 Å². The van der Waals surface area contributed by atoms with Crippen LogP contribution in [0.5, 0.6) is 0 Å². The number of hydrogen-bond donors (Lipinski definition) is 2. The number of hydrogen-bond acceptors (Lipinski definition) is 5. The fraction of sp³-hybridized carbons (Fsp3) is 0.500. The summed E-state index contributed by atoms with van der Waals surface area (Å²) in [5, 5.41) is 13.9. The van der Waals surface area contributed by atoms with Gasteiger partial charge in [-0.15, -0.1) is 4.40 Å². The molecule has 1 amide bonds. The van der Waals surface area contributed by atoms with Crippen molar-refractivity contribution in [1.29, 1.82) is 0 Å². The molecule has 3 rings (SSSR count). The van der Waals surface area contributed by atoms with Gasteiger partial charge in [-0.2, -0.15) is 8.42 Å². The first kappa shape index (κ1) is 20.4. The van der Waals surface area contributed by atoms with Crippen molar-refractivity contribution in [2.45, 2.75) is 51.5 Å². The van der Waals surface area contributed by atoms with Crippen molar-refractivity contribution in [3.63, 3.8) is 0 Å². The number of rotatable bonds is 6. The zero-order chi connectivity index (χ0) is 20.6. The van der Waals surface area contributed by atoms with E-state index in [0.29, 0.717) is 18.2 Å². The first-order valence-electron chi connectivity index (χ1n) is 9.62. The number of carbonyl (C=O) groups is 1. The summed E-state index contributed by atoms with van der Waals surface area (Å²) in [6.45, 7) is 8.61. The number of fused-ring (bicyclic) bond motifs is 1. The van der Waals surface area contributed by atoms with Crippen LogP contribution < -0.4 is 5.32 Å². The maximum absolute atomic E-state index is 13.2. The molecule has 0 saturated heterocycles. The van der Waals surface area contributed by atoms with Crippen molar-refractivity contribution in [3.05, 3.63) is 35.6 Å². The van der Waals surface area contributed by atoms with E-state index < -0.39 is 16.1 Å². The largest absolute Gasteiger partial charge is 0.509 e. The van der Waals surface area contributed by atoms with Crippen molar-refractivity contribution in [2.24, 2.45) is 16.2 Å². The maximum Gasteiger partial charge on any atom is 0.286 e. The Labute approximate surface area is 166 Å². The van der Waals surface area contributed by atoms with Crippen LogP contribution in [-0.4, -0.2) is 42.8 Å². The Balaban J connectivity index is 2.04. The van der Waals surface area contributed by atoms with E-state index in [4.69, 9.17) is 0 Å². The van der Waals surface area contributed by atoms with Crippen LogP contribution in [0.3, 0.4) is 0 Å². The van der Waals surface area contributed by atoms with Crippen LogP contribution in [0.25, 0.3) is 0 Å². The fourth-order valence-electron chi connectivity index (χ4n) is 3.56. The average molecular weight is 406 g/mol. The van der Waals surface area contributed by atoms with Gasteiger partial charge in [-0.05, 0) is 30.4 Å². The molecule has 0 saturated carbocycles. The van der Waals surface area contributed by atoms with Gasteiger partial charge in [-0.25, -0.2) is 0 Å². The van der Waals surface area contributed by atoms with E-state index in [1.165, 1.54) is 6.07 Å². The van der Waals surface area contributed by atoms with Crippen LogP contribution in [0, 0.1) is 11.8 Å². The average Bonchev–Trinajstić information content (AvgIpc) is 2.88. The summed E-state index contributed by atoms with van der Waals surface area (Å²) in [6.07, 6.45) is 1.56. The molecule has 28 heavy (non-hydrogen) atoms. The number of para-hydroxylation sites is 1. The smallest absolute Gasteiger partial charge is 0.286 e. The minimum Gasteiger partial charge on any atom is -0.509 e. The monoisotopic (exact) mass is 405 g/mol. The molecule has 7 nitrogen and oxygen atoms in total. The van der Waals surface area contributed by atoms with Gasteiger partial charge in [0.15, 0.2) is 5.84 Å². The van der Waals surface area contributed by atoms with E-state index in [1.54, 1.807) is 23.1 Å². The minimum atomic E-state index is -3.95. The van der Waals surface area contributed by atoms with E-state index in [9.17, 15) is 18.3 Å². The van der Waals surface area contributed by atoms with Gasteiger partial charge in [0.25, 0.3) is 15.9 Å². The minimum absolute atomic E-state index is 0.0293. The van der Waals surface area contributed by atoms with E-state index >= 15 is 0 Å². The lowest BCUT2D eigenvalue weighted by Crippen LogP contribution is -2.41. The Bertz CT molecular complexity index is 950. The molecule has 0 radical (unpaired) electrons. The molecule has 0 aliphatic carbocycles. The zero-order valence-corrected chi connectivity index (χ0v) is 17.5. The summed E-state index contributed by atoms with van der Waals surface area (Å²) in [7, 11) is -3.95.